The molecular weight excluding hydrogens is 243 g/mol. The van der Waals surface area contributed by atoms with E-state index in [4.69, 9.17) is 0 Å². The van der Waals surface area contributed by atoms with Crippen LogP contribution in [0, 0.1) is 5.82 Å². The Balaban J connectivity index is 2.11. The molecule has 6 heteroatoms. The van der Waals surface area contributed by atoms with Crippen molar-refractivity contribution in [3.05, 3.63) is 30.1 Å². The smallest absolute Gasteiger partial charge is 0.235 e. The van der Waals surface area contributed by atoms with Gasteiger partial charge < -0.3 is 5.32 Å². The van der Waals surface area contributed by atoms with Crippen LogP contribution in [0.4, 0.5) is 10.1 Å². The second-order valence-electron chi connectivity index (χ2n) is 4.11. The van der Waals surface area contributed by atoms with Crippen molar-refractivity contribution in [3.8, 4) is 0 Å². The summed E-state index contributed by atoms with van der Waals surface area (Å²) in [4.78, 5) is 0. The third-order valence-electron chi connectivity index (χ3n) is 2.81. The number of hydrogen-bond acceptors (Lipinski definition) is 3. The van der Waals surface area contributed by atoms with Gasteiger partial charge in [-0.05, 0) is 44.1 Å². The first-order valence-electron chi connectivity index (χ1n) is 5.56. The van der Waals surface area contributed by atoms with Crippen LogP contribution in [0.2, 0.25) is 0 Å². The first kappa shape index (κ1) is 12.3. The number of anilines is 1. The number of benzene rings is 1. The number of nitrogens with one attached hydrogen (secondary N) is 2. The zero-order valence-electron chi connectivity index (χ0n) is 9.32. The Hall–Kier alpha value is -1.14. The van der Waals surface area contributed by atoms with E-state index >= 15 is 0 Å². The van der Waals surface area contributed by atoms with Crippen LogP contribution in [-0.4, -0.2) is 26.8 Å². The lowest BCUT2D eigenvalue weighted by Crippen LogP contribution is -2.38. The summed E-state index contributed by atoms with van der Waals surface area (Å²) >= 11 is 0. The molecular formula is C11H15FN2O2S. The largest absolute Gasteiger partial charge is 0.317 e. The summed E-state index contributed by atoms with van der Waals surface area (Å²) in [5, 5.41) is 2.71. The summed E-state index contributed by atoms with van der Waals surface area (Å²) in [5.41, 5.74) is 0.281. The molecule has 1 aliphatic heterocycles. The van der Waals surface area contributed by atoms with E-state index < -0.39 is 21.1 Å². The van der Waals surface area contributed by atoms with Gasteiger partial charge in [0.05, 0.1) is 10.9 Å². The van der Waals surface area contributed by atoms with Crippen molar-refractivity contribution in [2.24, 2.45) is 0 Å². The Labute approximate surface area is 100 Å². The molecule has 4 nitrogen and oxygen atoms in total. The predicted molar refractivity (Wildman–Crippen MR) is 64.8 cm³/mol. The fourth-order valence-corrected chi connectivity index (χ4v) is 3.38. The lowest BCUT2D eigenvalue weighted by atomic mass is 10.2. The Bertz CT molecular complexity index is 484. The van der Waals surface area contributed by atoms with E-state index in [2.05, 4.69) is 10.0 Å². The lowest BCUT2D eigenvalue weighted by molar-refractivity contribution is 0.499. The maximum atomic E-state index is 12.9. The zero-order valence-corrected chi connectivity index (χ0v) is 10.1. The predicted octanol–water partition coefficient (Wildman–Crippen LogP) is 1.32. The van der Waals surface area contributed by atoms with Crippen LogP contribution in [0.1, 0.15) is 12.8 Å². The molecule has 1 heterocycles. The quantitative estimate of drug-likeness (QED) is 0.859. The van der Waals surface area contributed by atoms with E-state index in [1.807, 2.05) is 0 Å². The minimum absolute atomic E-state index is 0.281. The Morgan fingerprint density at radius 3 is 2.65 bits per heavy atom. The summed E-state index contributed by atoms with van der Waals surface area (Å²) in [6, 6.07) is 5.48. The molecule has 2 N–H and O–H groups in total. The van der Waals surface area contributed by atoms with Gasteiger partial charge in [0.25, 0.3) is 0 Å². The van der Waals surface area contributed by atoms with Gasteiger partial charge in [-0.2, -0.15) is 0 Å². The highest BCUT2D eigenvalue weighted by atomic mass is 32.2. The van der Waals surface area contributed by atoms with Crippen molar-refractivity contribution >= 4 is 15.7 Å². The SMILES string of the molecule is O=S(=O)(Nc1cccc(F)c1)C1CCNCC1. The van der Waals surface area contributed by atoms with Crippen molar-refractivity contribution < 1.29 is 12.8 Å². The van der Waals surface area contributed by atoms with Gasteiger partial charge in [0.15, 0.2) is 0 Å². The molecule has 0 spiro atoms. The fraction of sp³-hybridized carbons (Fsp3) is 0.455. The van der Waals surface area contributed by atoms with Crippen LogP contribution in [0.5, 0.6) is 0 Å². The van der Waals surface area contributed by atoms with Crippen LogP contribution < -0.4 is 10.0 Å². The van der Waals surface area contributed by atoms with Crippen LogP contribution >= 0.6 is 0 Å². The minimum atomic E-state index is -3.41. The first-order chi connectivity index (χ1) is 8.08. The highest BCUT2D eigenvalue weighted by molar-refractivity contribution is 7.93. The molecule has 1 aromatic rings. The summed E-state index contributed by atoms with van der Waals surface area (Å²) in [5.74, 6) is -0.449. The van der Waals surface area contributed by atoms with Crippen molar-refractivity contribution in [3.63, 3.8) is 0 Å². The molecule has 0 aliphatic carbocycles. The molecule has 2 rings (SSSR count). The Kier molecular flexibility index (Phi) is 3.63. The monoisotopic (exact) mass is 258 g/mol. The third kappa shape index (κ3) is 3.17. The number of piperidine rings is 1. The average Bonchev–Trinajstić information content (AvgIpc) is 2.29. The molecule has 17 heavy (non-hydrogen) atoms. The number of rotatable bonds is 3. The molecule has 0 atom stereocenters. The second kappa shape index (κ2) is 5.01. The summed E-state index contributed by atoms with van der Waals surface area (Å²) < 4.78 is 39.4. The normalized spacial score (nSPS) is 17.9. The maximum absolute atomic E-state index is 12.9. The molecule has 0 radical (unpaired) electrons. The number of halogens is 1. The van der Waals surface area contributed by atoms with Crippen LogP contribution in [0.25, 0.3) is 0 Å². The molecule has 0 unspecified atom stereocenters. The van der Waals surface area contributed by atoms with Gasteiger partial charge in [0.1, 0.15) is 5.82 Å². The van der Waals surface area contributed by atoms with Gasteiger partial charge in [0, 0.05) is 0 Å². The van der Waals surface area contributed by atoms with E-state index in [0.717, 1.165) is 0 Å². The summed E-state index contributed by atoms with van der Waals surface area (Å²) in [6.45, 7) is 1.41. The standard InChI is InChI=1S/C11H15FN2O2S/c12-9-2-1-3-10(8-9)14-17(15,16)11-4-6-13-7-5-11/h1-3,8,11,13-14H,4-7H2. The molecule has 1 saturated heterocycles. The molecule has 1 aromatic carbocycles. The van der Waals surface area contributed by atoms with E-state index in [9.17, 15) is 12.8 Å². The minimum Gasteiger partial charge on any atom is -0.317 e. The summed E-state index contributed by atoms with van der Waals surface area (Å²) in [7, 11) is -3.41. The van der Waals surface area contributed by atoms with Gasteiger partial charge in [0.2, 0.25) is 10.0 Å². The van der Waals surface area contributed by atoms with Gasteiger partial charge in [-0.25, -0.2) is 12.8 Å². The lowest BCUT2D eigenvalue weighted by Gasteiger charge is -2.23. The third-order valence-corrected chi connectivity index (χ3v) is 4.68. The number of hydrogen-bond donors (Lipinski definition) is 2. The van der Waals surface area contributed by atoms with E-state index in [-0.39, 0.29) is 5.69 Å². The van der Waals surface area contributed by atoms with Gasteiger partial charge in [-0.15, -0.1) is 0 Å². The van der Waals surface area contributed by atoms with Crippen molar-refractivity contribution in [1.82, 2.24) is 5.32 Å². The first-order valence-corrected chi connectivity index (χ1v) is 7.10. The Morgan fingerprint density at radius 2 is 2.00 bits per heavy atom. The van der Waals surface area contributed by atoms with Crippen LogP contribution in [0.15, 0.2) is 24.3 Å². The number of sulfonamides is 1. The van der Waals surface area contributed by atoms with E-state index in [0.29, 0.717) is 25.9 Å². The Morgan fingerprint density at radius 1 is 1.29 bits per heavy atom. The van der Waals surface area contributed by atoms with Gasteiger partial charge in [-0.3, -0.25) is 4.72 Å². The molecule has 1 aliphatic rings. The topological polar surface area (TPSA) is 58.2 Å². The average molecular weight is 258 g/mol. The van der Waals surface area contributed by atoms with Crippen molar-refractivity contribution in [1.29, 1.82) is 0 Å². The van der Waals surface area contributed by atoms with E-state index in [1.54, 1.807) is 6.07 Å². The van der Waals surface area contributed by atoms with Crippen molar-refractivity contribution in [2.45, 2.75) is 18.1 Å². The van der Waals surface area contributed by atoms with Gasteiger partial charge >= 0.3 is 0 Å². The zero-order chi connectivity index (χ0) is 12.3. The molecule has 0 aromatic heterocycles. The van der Waals surface area contributed by atoms with Crippen molar-refractivity contribution in [2.75, 3.05) is 17.8 Å². The van der Waals surface area contributed by atoms with Gasteiger partial charge in [-0.1, -0.05) is 6.07 Å². The fourth-order valence-electron chi connectivity index (χ4n) is 1.91. The highest BCUT2D eigenvalue weighted by Crippen LogP contribution is 2.18. The second-order valence-corrected chi connectivity index (χ2v) is 6.07. The molecule has 0 amide bonds. The van der Waals surface area contributed by atoms with E-state index in [1.165, 1.54) is 18.2 Å². The highest BCUT2D eigenvalue weighted by Gasteiger charge is 2.26. The van der Waals surface area contributed by atoms with Crippen LogP contribution in [0.3, 0.4) is 0 Å². The molecule has 0 bridgehead atoms. The maximum Gasteiger partial charge on any atom is 0.235 e. The molecule has 0 saturated carbocycles. The van der Waals surface area contributed by atoms with Crippen LogP contribution in [-0.2, 0) is 10.0 Å². The molecule has 1 fully saturated rings. The summed E-state index contributed by atoms with van der Waals surface area (Å²) in [6.07, 6.45) is 1.18. The molecule has 94 valence electrons.